The number of rotatable bonds is 5. The van der Waals surface area contributed by atoms with Crippen molar-refractivity contribution in [3.8, 4) is 0 Å². The summed E-state index contributed by atoms with van der Waals surface area (Å²) >= 11 is 12.9. The molecule has 148 valence electrons. The zero-order valence-electron chi connectivity index (χ0n) is 16.2. The van der Waals surface area contributed by atoms with Crippen LogP contribution in [0.5, 0.6) is 0 Å². The molecule has 0 unspecified atom stereocenters. The third-order valence-electron chi connectivity index (χ3n) is 6.06. The minimum Gasteiger partial charge on any atom is -0.395 e. The van der Waals surface area contributed by atoms with Gasteiger partial charge in [-0.05, 0) is 68.1 Å². The average Bonchev–Trinajstić information content (AvgIpc) is 2.95. The molecule has 2 aromatic carbocycles. The SMILES string of the molecule is Cc1c(CN2CCC(c3c(Cl)cccc3Cl)CC2)c2ccccc2n1CCO. The molecular weight excluding hydrogens is 391 g/mol. The highest BCUT2D eigenvalue weighted by Crippen LogP contribution is 2.38. The van der Waals surface area contributed by atoms with Gasteiger partial charge in [-0.2, -0.15) is 0 Å². The number of aliphatic hydroxyl groups excluding tert-OH is 1. The standard InChI is InChI=1S/C23H26Cl2N2O/c1-16-19(18-5-2-3-8-22(18)27(16)13-14-28)15-26-11-9-17(10-12-26)23-20(24)6-4-7-21(23)25/h2-8,17,28H,9-15H2,1H3. The van der Waals surface area contributed by atoms with Crippen molar-refractivity contribution in [2.75, 3.05) is 19.7 Å². The van der Waals surface area contributed by atoms with E-state index >= 15 is 0 Å². The van der Waals surface area contributed by atoms with Crippen LogP contribution in [0.15, 0.2) is 42.5 Å². The van der Waals surface area contributed by atoms with Crippen LogP contribution in [0.3, 0.4) is 0 Å². The van der Waals surface area contributed by atoms with Gasteiger partial charge in [-0.25, -0.2) is 0 Å². The van der Waals surface area contributed by atoms with E-state index in [1.54, 1.807) is 0 Å². The van der Waals surface area contributed by atoms with E-state index in [-0.39, 0.29) is 6.61 Å². The van der Waals surface area contributed by atoms with Gasteiger partial charge in [0, 0.05) is 39.7 Å². The van der Waals surface area contributed by atoms with Gasteiger partial charge >= 0.3 is 0 Å². The van der Waals surface area contributed by atoms with E-state index in [2.05, 4.69) is 40.7 Å². The zero-order valence-corrected chi connectivity index (χ0v) is 17.7. The lowest BCUT2D eigenvalue weighted by Gasteiger charge is -2.33. The summed E-state index contributed by atoms with van der Waals surface area (Å²) in [6.45, 7) is 5.97. The lowest BCUT2D eigenvalue weighted by Crippen LogP contribution is -2.32. The summed E-state index contributed by atoms with van der Waals surface area (Å²) < 4.78 is 2.24. The van der Waals surface area contributed by atoms with Crippen molar-refractivity contribution >= 4 is 34.1 Å². The van der Waals surface area contributed by atoms with E-state index in [1.807, 2.05) is 18.2 Å². The van der Waals surface area contributed by atoms with Gasteiger partial charge in [-0.1, -0.05) is 47.5 Å². The van der Waals surface area contributed by atoms with Crippen LogP contribution in [0.1, 0.15) is 35.6 Å². The molecule has 0 aliphatic carbocycles. The zero-order chi connectivity index (χ0) is 19.7. The van der Waals surface area contributed by atoms with E-state index in [0.717, 1.165) is 48.1 Å². The highest BCUT2D eigenvalue weighted by Gasteiger charge is 2.25. The third kappa shape index (κ3) is 3.69. The minimum atomic E-state index is 0.156. The smallest absolute Gasteiger partial charge is 0.0610 e. The number of hydrogen-bond donors (Lipinski definition) is 1. The first kappa shape index (κ1) is 19.8. The largest absolute Gasteiger partial charge is 0.395 e. The van der Waals surface area contributed by atoms with Crippen LogP contribution in [0.4, 0.5) is 0 Å². The van der Waals surface area contributed by atoms with E-state index in [1.165, 1.54) is 22.2 Å². The van der Waals surface area contributed by atoms with Gasteiger partial charge in [0.15, 0.2) is 0 Å². The number of fused-ring (bicyclic) bond motifs is 1. The maximum Gasteiger partial charge on any atom is 0.0610 e. The van der Waals surface area contributed by atoms with Crippen molar-refractivity contribution < 1.29 is 5.11 Å². The van der Waals surface area contributed by atoms with Crippen molar-refractivity contribution in [2.24, 2.45) is 0 Å². The fourth-order valence-corrected chi connectivity index (χ4v) is 5.30. The molecule has 4 rings (SSSR count). The number of benzene rings is 2. The lowest BCUT2D eigenvalue weighted by molar-refractivity contribution is 0.204. The number of para-hydroxylation sites is 1. The number of piperidine rings is 1. The van der Waals surface area contributed by atoms with Crippen LogP contribution in [-0.2, 0) is 13.1 Å². The Labute approximate surface area is 176 Å². The molecule has 1 aliphatic rings. The number of aromatic nitrogens is 1. The fraction of sp³-hybridized carbons (Fsp3) is 0.391. The molecule has 3 aromatic rings. The van der Waals surface area contributed by atoms with Crippen LogP contribution < -0.4 is 0 Å². The van der Waals surface area contributed by atoms with Crippen molar-refractivity contribution in [1.29, 1.82) is 0 Å². The Morgan fingerprint density at radius 3 is 2.36 bits per heavy atom. The second-order valence-electron chi connectivity index (χ2n) is 7.64. The lowest BCUT2D eigenvalue weighted by atomic mass is 9.89. The number of aliphatic hydroxyl groups is 1. The molecule has 1 aliphatic heterocycles. The molecule has 1 N–H and O–H groups in total. The summed E-state index contributed by atoms with van der Waals surface area (Å²) in [5, 5.41) is 12.3. The van der Waals surface area contributed by atoms with Crippen molar-refractivity contribution in [2.45, 2.75) is 38.8 Å². The van der Waals surface area contributed by atoms with Crippen molar-refractivity contribution in [3.63, 3.8) is 0 Å². The molecule has 0 spiro atoms. The normalized spacial score (nSPS) is 16.1. The van der Waals surface area contributed by atoms with Gasteiger partial charge in [0.2, 0.25) is 0 Å². The first-order chi connectivity index (χ1) is 13.6. The molecular formula is C23H26Cl2N2O. The molecule has 0 atom stereocenters. The Kier molecular flexibility index (Phi) is 5.98. The van der Waals surface area contributed by atoms with E-state index in [0.29, 0.717) is 12.5 Å². The quantitative estimate of drug-likeness (QED) is 0.583. The van der Waals surface area contributed by atoms with E-state index in [4.69, 9.17) is 23.2 Å². The molecule has 0 radical (unpaired) electrons. The summed E-state index contributed by atoms with van der Waals surface area (Å²) in [4.78, 5) is 2.53. The summed E-state index contributed by atoms with van der Waals surface area (Å²) in [5.41, 5.74) is 4.95. The first-order valence-electron chi connectivity index (χ1n) is 9.94. The number of halogens is 2. The van der Waals surface area contributed by atoms with E-state index < -0.39 is 0 Å². The molecule has 0 amide bonds. The molecule has 3 nitrogen and oxygen atoms in total. The topological polar surface area (TPSA) is 28.4 Å². The maximum atomic E-state index is 9.46. The third-order valence-corrected chi connectivity index (χ3v) is 6.72. The van der Waals surface area contributed by atoms with Crippen LogP contribution in [0.2, 0.25) is 10.0 Å². The van der Waals surface area contributed by atoms with Crippen LogP contribution in [0, 0.1) is 6.92 Å². The average molecular weight is 417 g/mol. The van der Waals surface area contributed by atoms with Crippen LogP contribution in [0.25, 0.3) is 10.9 Å². The maximum absolute atomic E-state index is 9.46. The molecule has 2 heterocycles. The molecule has 28 heavy (non-hydrogen) atoms. The Balaban J connectivity index is 1.52. The first-order valence-corrected chi connectivity index (χ1v) is 10.7. The van der Waals surface area contributed by atoms with E-state index in [9.17, 15) is 5.11 Å². The number of hydrogen-bond acceptors (Lipinski definition) is 2. The summed E-state index contributed by atoms with van der Waals surface area (Å²) in [7, 11) is 0. The van der Waals surface area contributed by atoms with Crippen LogP contribution in [-0.4, -0.2) is 34.3 Å². The minimum absolute atomic E-state index is 0.156. The molecule has 1 fully saturated rings. The van der Waals surface area contributed by atoms with Gasteiger partial charge in [0.25, 0.3) is 0 Å². The Morgan fingerprint density at radius 1 is 1.00 bits per heavy atom. The van der Waals surface area contributed by atoms with Gasteiger partial charge in [0.05, 0.1) is 6.61 Å². The van der Waals surface area contributed by atoms with Crippen molar-refractivity contribution in [1.82, 2.24) is 9.47 Å². The predicted molar refractivity (Wildman–Crippen MR) is 117 cm³/mol. The molecule has 0 saturated carbocycles. The fourth-order valence-electron chi connectivity index (χ4n) is 4.59. The van der Waals surface area contributed by atoms with Gasteiger partial charge in [0.1, 0.15) is 0 Å². The Bertz CT molecular complexity index is 954. The highest BCUT2D eigenvalue weighted by atomic mass is 35.5. The van der Waals surface area contributed by atoms with Crippen LogP contribution >= 0.6 is 23.2 Å². The monoisotopic (exact) mass is 416 g/mol. The molecule has 0 bridgehead atoms. The van der Waals surface area contributed by atoms with Crippen molar-refractivity contribution in [3.05, 3.63) is 69.3 Å². The molecule has 5 heteroatoms. The molecule has 1 aromatic heterocycles. The highest BCUT2D eigenvalue weighted by molar-refractivity contribution is 6.36. The summed E-state index contributed by atoms with van der Waals surface area (Å²) in [6.07, 6.45) is 2.13. The van der Waals surface area contributed by atoms with Gasteiger partial charge < -0.3 is 9.67 Å². The Morgan fingerprint density at radius 2 is 1.68 bits per heavy atom. The summed E-state index contributed by atoms with van der Waals surface area (Å²) in [6, 6.07) is 14.3. The number of nitrogens with zero attached hydrogens (tertiary/aromatic N) is 2. The number of likely N-dealkylation sites (tertiary alicyclic amines) is 1. The Hall–Kier alpha value is -1.52. The summed E-state index contributed by atoms with van der Waals surface area (Å²) in [5.74, 6) is 0.425. The molecule has 1 saturated heterocycles. The van der Waals surface area contributed by atoms with Gasteiger partial charge in [-0.15, -0.1) is 0 Å². The van der Waals surface area contributed by atoms with Gasteiger partial charge in [-0.3, -0.25) is 4.90 Å². The predicted octanol–water partition coefficient (Wildman–Crippen LogP) is 5.63. The second kappa shape index (κ2) is 8.46. The second-order valence-corrected chi connectivity index (χ2v) is 8.46.